The lowest BCUT2D eigenvalue weighted by atomic mass is 9.97. The maximum absolute atomic E-state index is 15.3. The number of nitrogens with one attached hydrogen (secondary N) is 2. The molecule has 2 saturated heterocycles. The summed E-state index contributed by atoms with van der Waals surface area (Å²) < 4.78 is 74.5. The number of carbonyl (C=O) groups excluding carboxylic acids is 2. The summed E-state index contributed by atoms with van der Waals surface area (Å²) in [5.41, 5.74) is -1.52. The second-order valence-electron chi connectivity index (χ2n) is 12.6. The van der Waals surface area contributed by atoms with E-state index in [1.807, 2.05) is 7.05 Å². The predicted molar refractivity (Wildman–Crippen MR) is 159 cm³/mol. The van der Waals surface area contributed by atoms with Gasteiger partial charge in [-0.2, -0.15) is 18.2 Å². The van der Waals surface area contributed by atoms with Gasteiger partial charge in [-0.1, -0.05) is 12.1 Å². The number of hydrogen-bond acceptors (Lipinski definition) is 9. The molecule has 2 unspecified atom stereocenters. The van der Waals surface area contributed by atoms with E-state index in [4.69, 9.17) is 14.2 Å². The van der Waals surface area contributed by atoms with E-state index in [9.17, 15) is 22.8 Å². The van der Waals surface area contributed by atoms with Crippen LogP contribution in [0.25, 0.3) is 0 Å². The van der Waals surface area contributed by atoms with E-state index in [1.54, 1.807) is 24.1 Å². The zero-order valence-electron chi connectivity index (χ0n) is 25.8. The third-order valence-electron chi connectivity index (χ3n) is 9.51. The molecule has 1 aliphatic carbocycles. The summed E-state index contributed by atoms with van der Waals surface area (Å²) in [7, 11) is 4.95. The fraction of sp³-hybridized carbons (Fsp3) is 0.438. The number of benzene rings is 2. The van der Waals surface area contributed by atoms with Crippen molar-refractivity contribution < 1.29 is 41.4 Å². The summed E-state index contributed by atoms with van der Waals surface area (Å²) in [6, 6.07) is 6.66. The van der Waals surface area contributed by atoms with E-state index in [1.165, 1.54) is 19.2 Å². The molecule has 47 heavy (non-hydrogen) atoms. The Morgan fingerprint density at radius 3 is 2.62 bits per heavy atom. The Bertz CT molecular complexity index is 1780. The van der Waals surface area contributed by atoms with Crippen molar-refractivity contribution in [2.45, 2.75) is 49.0 Å². The molecule has 248 valence electrons. The Hall–Kier alpha value is -4.50. The SMILES string of the molecule is COc1cc(C(=O)NC2COC3(CCN(C)C3)C2)c(F)cc1Nc1ncc(C(F)(F)F)c(Oc2cccc3c2C(=O)N(C)C32CC2)n1. The van der Waals surface area contributed by atoms with Crippen LogP contribution in [-0.4, -0.2) is 84.1 Å². The largest absolute Gasteiger partial charge is 0.495 e. The summed E-state index contributed by atoms with van der Waals surface area (Å²) in [5, 5.41) is 5.50. The van der Waals surface area contributed by atoms with Crippen LogP contribution in [0.5, 0.6) is 17.4 Å². The van der Waals surface area contributed by atoms with Gasteiger partial charge in [0.1, 0.15) is 22.9 Å². The fourth-order valence-electron chi connectivity index (χ4n) is 6.94. The van der Waals surface area contributed by atoms with Crippen molar-refractivity contribution in [2.75, 3.05) is 46.2 Å². The van der Waals surface area contributed by atoms with Crippen LogP contribution in [0.3, 0.4) is 0 Å². The highest BCUT2D eigenvalue weighted by molar-refractivity contribution is 6.03. The standard InChI is InChI=1S/C32H32F4N6O5/c1-41-10-9-30(16-41)13-17(15-46-30)38-26(43)18-11-24(45-3)22(12-21(18)33)39-29-37-14-20(32(34,35)36)27(40-29)47-23-6-4-5-19-25(23)28(44)42(2)31(19)7-8-31/h4-6,11-12,14,17H,7-10,13,15-16H2,1-3H3,(H,38,43)(H,37,39,40). The van der Waals surface area contributed by atoms with E-state index in [2.05, 4.69) is 25.5 Å². The van der Waals surface area contributed by atoms with Gasteiger partial charge in [-0.15, -0.1) is 0 Å². The molecule has 15 heteroatoms. The zero-order valence-corrected chi connectivity index (χ0v) is 25.8. The smallest absolute Gasteiger partial charge is 0.423 e. The number of rotatable bonds is 7. The number of hydrogen-bond donors (Lipinski definition) is 2. The quantitative estimate of drug-likeness (QED) is 0.345. The van der Waals surface area contributed by atoms with Gasteiger partial charge in [-0.25, -0.2) is 9.37 Å². The average Bonchev–Trinajstić information content (AvgIpc) is 3.56. The van der Waals surface area contributed by atoms with Crippen molar-refractivity contribution in [3.8, 4) is 17.4 Å². The third-order valence-corrected chi connectivity index (χ3v) is 9.51. The van der Waals surface area contributed by atoms with Crippen molar-refractivity contribution in [1.29, 1.82) is 0 Å². The number of halogens is 4. The average molecular weight is 657 g/mol. The Labute approximate surface area is 267 Å². The van der Waals surface area contributed by atoms with E-state index in [-0.39, 0.29) is 51.8 Å². The van der Waals surface area contributed by atoms with Gasteiger partial charge in [0.2, 0.25) is 11.8 Å². The highest BCUT2D eigenvalue weighted by atomic mass is 19.4. The molecule has 0 radical (unpaired) electrons. The first-order chi connectivity index (χ1) is 22.3. The molecule has 3 fully saturated rings. The van der Waals surface area contributed by atoms with E-state index >= 15 is 4.39 Å². The number of alkyl halides is 3. The summed E-state index contributed by atoms with van der Waals surface area (Å²) in [5.74, 6) is -3.19. The molecule has 2 spiro atoms. The topological polar surface area (TPSA) is 118 Å². The number of carbonyl (C=O) groups is 2. The Balaban J connectivity index is 1.14. The zero-order chi connectivity index (χ0) is 33.3. The first kappa shape index (κ1) is 31.1. The van der Waals surface area contributed by atoms with Gasteiger partial charge in [0.25, 0.3) is 11.8 Å². The van der Waals surface area contributed by atoms with Crippen LogP contribution in [0.1, 0.15) is 57.5 Å². The van der Waals surface area contributed by atoms with Crippen LogP contribution in [0.4, 0.5) is 29.2 Å². The normalized spacial score (nSPS) is 23.0. The van der Waals surface area contributed by atoms with Gasteiger partial charge in [-0.3, -0.25) is 9.59 Å². The molecule has 2 aromatic carbocycles. The van der Waals surface area contributed by atoms with E-state index in [0.717, 1.165) is 38.4 Å². The van der Waals surface area contributed by atoms with Crippen molar-refractivity contribution >= 4 is 23.5 Å². The molecule has 3 aromatic rings. The number of likely N-dealkylation sites (tertiary alicyclic amines) is 1. The van der Waals surface area contributed by atoms with E-state index < -0.39 is 34.9 Å². The molecule has 2 N–H and O–H groups in total. The van der Waals surface area contributed by atoms with Crippen molar-refractivity contribution in [2.24, 2.45) is 0 Å². The lowest BCUT2D eigenvalue weighted by Crippen LogP contribution is -2.38. The second kappa shape index (κ2) is 11.0. The van der Waals surface area contributed by atoms with Gasteiger partial charge in [0.15, 0.2) is 0 Å². The Kier molecular flexibility index (Phi) is 7.31. The number of ether oxygens (including phenoxy) is 3. The van der Waals surface area contributed by atoms with Crippen molar-refractivity contribution in [3.63, 3.8) is 0 Å². The number of anilines is 2. The minimum absolute atomic E-state index is 0.0170. The molecule has 0 bridgehead atoms. The van der Waals surface area contributed by atoms with Gasteiger partial charge in [-0.05, 0) is 44.0 Å². The monoisotopic (exact) mass is 656 g/mol. The molecular formula is C32H32F4N6O5. The molecule has 2 atom stereocenters. The predicted octanol–water partition coefficient (Wildman–Crippen LogP) is 4.85. The molecule has 3 aliphatic heterocycles. The van der Waals surface area contributed by atoms with Crippen LogP contribution in [0.15, 0.2) is 36.5 Å². The van der Waals surface area contributed by atoms with Crippen LogP contribution in [-0.2, 0) is 16.5 Å². The Morgan fingerprint density at radius 2 is 1.94 bits per heavy atom. The molecule has 4 aliphatic rings. The van der Waals surface area contributed by atoms with Crippen LogP contribution < -0.4 is 20.1 Å². The van der Waals surface area contributed by atoms with Crippen LogP contribution in [0.2, 0.25) is 0 Å². The van der Waals surface area contributed by atoms with Gasteiger partial charge in [0, 0.05) is 38.8 Å². The maximum Gasteiger partial charge on any atom is 0.423 e. The highest BCUT2D eigenvalue weighted by Crippen LogP contribution is 2.57. The van der Waals surface area contributed by atoms with E-state index in [0.29, 0.717) is 24.8 Å². The molecule has 11 nitrogen and oxygen atoms in total. The van der Waals surface area contributed by atoms with Crippen LogP contribution >= 0.6 is 0 Å². The Morgan fingerprint density at radius 1 is 1.15 bits per heavy atom. The first-order valence-electron chi connectivity index (χ1n) is 15.1. The van der Waals surface area contributed by atoms with Crippen LogP contribution in [0, 0.1) is 5.82 Å². The number of amides is 2. The molecular weight excluding hydrogens is 624 g/mol. The second-order valence-corrected chi connectivity index (χ2v) is 12.6. The van der Waals surface area contributed by atoms with Gasteiger partial charge in [0.05, 0.1) is 47.7 Å². The number of likely N-dealkylation sites (N-methyl/N-ethyl adjacent to an activating group) is 1. The number of methoxy groups -OCH3 is 1. The molecule has 7 rings (SSSR count). The number of fused-ring (bicyclic) bond motifs is 2. The lowest BCUT2D eigenvalue weighted by molar-refractivity contribution is -0.139. The minimum atomic E-state index is -4.89. The molecule has 1 saturated carbocycles. The summed E-state index contributed by atoms with van der Waals surface area (Å²) in [6.07, 6.45) is -1.41. The van der Waals surface area contributed by atoms with Crippen molar-refractivity contribution in [1.82, 2.24) is 25.1 Å². The molecule has 4 heterocycles. The molecule has 2 amide bonds. The fourth-order valence-corrected chi connectivity index (χ4v) is 6.94. The number of nitrogens with zero attached hydrogens (tertiary/aromatic N) is 4. The summed E-state index contributed by atoms with van der Waals surface area (Å²) in [4.78, 5) is 37.6. The van der Waals surface area contributed by atoms with Crippen molar-refractivity contribution in [3.05, 3.63) is 64.6 Å². The van der Waals surface area contributed by atoms with Gasteiger partial charge >= 0.3 is 6.18 Å². The highest BCUT2D eigenvalue weighted by Gasteiger charge is 2.57. The molecule has 1 aromatic heterocycles. The number of aromatic nitrogens is 2. The first-order valence-corrected chi connectivity index (χ1v) is 15.1. The lowest BCUT2D eigenvalue weighted by Gasteiger charge is -2.22. The third kappa shape index (κ3) is 5.40. The maximum atomic E-state index is 15.3. The minimum Gasteiger partial charge on any atom is -0.495 e. The van der Waals surface area contributed by atoms with Gasteiger partial charge < -0.3 is 34.6 Å². The summed E-state index contributed by atoms with van der Waals surface area (Å²) >= 11 is 0. The summed E-state index contributed by atoms with van der Waals surface area (Å²) in [6.45, 7) is 1.96.